The van der Waals surface area contributed by atoms with Crippen LogP contribution in [0.5, 0.6) is 0 Å². The van der Waals surface area contributed by atoms with E-state index in [0.717, 1.165) is 12.0 Å². The van der Waals surface area contributed by atoms with Crippen molar-refractivity contribution < 1.29 is 4.79 Å². The lowest BCUT2D eigenvalue weighted by molar-refractivity contribution is 0.0999. The van der Waals surface area contributed by atoms with Gasteiger partial charge in [0.25, 0.3) is 5.91 Å². The molecule has 3 nitrogen and oxygen atoms in total. The van der Waals surface area contributed by atoms with Gasteiger partial charge < -0.3 is 5.73 Å². The number of nitrogens with two attached hydrogens (primary N) is 1. The molecular weight excluding hydrogens is 248 g/mol. The summed E-state index contributed by atoms with van der Waals surface area (Å²) in [7, 11) is 0. The molecule has 0 aliphatic carbocycles. The average molecular weight is 265 g/mol. The van der Waals surface area contributed by atoms with Gasteiger partial charge in [-0.3, -0.25) is 4.79 Å². The third-order valence-electron chi connectivity index (χ3n) is 2.69. The molecule has 1 aromatic heterocycles. The highest BCUT2D eigenvalue weighted by molar-refractivity contribution is 6.32. The van der Waals surface area contributed by atoms with Crippen molar-refractivity contribution in [2.45, 2.75) is 26.7 Å². The number of carbonyl (C=O) groups excluding carboxylic acids is 1. The van der Waals surface area contributed by atoms with Gasteiger partial charge in [0.1, 0.15) is 5.15 Å². The molecule has 0 unspecified atom stereocenters. The molecule has 18 heavy (non-hydrogen) atoms. The average Bonchev–Trinajstić information content (AvgIpc) is 2.34. The lowest BCUT2D eigenvalue weighted by Gasteiger charge is -2.05. The van der Waals surface area contributed by atoms with E-state index in [4.69, 9.17) is 17.3 Å². The molecule has 0 bridgehead atoms. The zero-order valence-electron chi connectivity index (χ0n) is 10.6. The lowest BCUT2D eigenvalue weighted by Crippen LogP contribution is -2.15. The van der Waals surface area contributed by atoms with Crippen LogP contribution in [0, 0.1) is 0 Å². The Balaban J connectivity index is 2.92. The quantitative estimate of drug-likeness (QED) is 0.655. The number of aromatic nitrogens is 1. The van der Waals surface area contributed by atoms with Crippen molar-refractivity contribution in [1.82, 2.24) is 4.98 Å². The topological polar surface area (TPSA) is 56.0 Å². The maximum Gasteiger partial charge on any atom is 0.252 e. The molecule has 0 aliphatic rings. The van der Waals surface area contributed by atoms with E-state index in [1.807, 2.05) is 19.1 Å². The van der Waals surface area contributed by atoms with Crippen LogP contribution in [0.2, 0.25) is 5.15 Å². The minimum atomic E-state index is -0.543. The molecule has 0 radical (unpaired) electrons. The summed E-state index contributed by atoms with van der Waals surface area (Å²) < 4.78 is 0. The molecule has 0 fully saturated rings. The van der Waals surface area contributed by atoms with Gasteiger partial charge in [-0.15, -0.1) is 0 Å². The van der Waals surface area contributed by atoms with Crippen molar-refractivity contribution in [1.29, 1.82) is 0 Å². The standard InChI is InChI=1S/C14H17ClN2O/c1-3-10(4-2)6-5-7-11-8-9-17-13(15)12(11)14(16)18/h3,5-6,8-9H,4,7H2,1-2H3,(H2,16,18). The van der Waals surface area contributed by atoms with E-state index < -0.39 is 5.91 Å². The van der Waals surface area contributed by atoms with Crippen LogP contribution in [0.15, 0.2) is 36.1 Å². The second-order valence-electron chi connectivity index (χ2n) is 3.82. The van der Waals surface area contributed by atoms with E-state index in [0.29, 0.717) is 12.0 Å². The molecule has 1 rings (SSSR count). The fraction of sp³-hybridized carbons (Fsp3) is 0.286. The number of rotatable bonds is 5. The lowest BCUT2D eigenvalue weighted by atomic mass is 10.1. The normalized spacial score (nSPS) is 12.1. The first kappa shape index (κ1) is 14.5. The number of hydrogen-bond acceptors (Lipinski definition) is 2. The Morgan fingerprint density at radius 3 is 2.83 bits per heavy atom. The molecule has 0 saturated carbocycles. The van der Waals surface area contributed by atoms with Crippen molar-refractivity contribution in [3.8, 4) is 0 Å². The Morgan fingerprint density at radius 1 is 1.56 bits per heavy atom. The zero-order valence-corrected chi connectivity index (χ0v) is 11.4. The van der Waals surface area contributed by atoms with E-state index in [2.05, 4.69) is 18.0 Å². The van der Waals surface area contributed by atoms with E-state index in [-0.39, 0.29) is 5.15 Å². The Labute approximate surface area is 112 Å². The summed E-state index contributed by atoms with van der Waals surface area (Å²) in [5.41, 5.74) is 7.65. The fourth-order valence-corrected chi connectivity index (χ4v) is 1.93. The molecule has 1 aromatic rings. The van der Waals surface area contributed by atoms with Gasteiger partial charge in [-0.1, -0.05) is 42.3 Å². The predicted octanol–water partition coefficient (Wildman–Crippen LogP) is 3.29. The number of allylic oxidation sites excluding steroid dienone is 4. The van der Waals surface area contributed by atoms with Crippen LogP contribution in [0.4, 0.5) is 0 Å². The molecule has 1 amide bonds. The van der Waals surface area contributed by atoms with Crippen LogP contribution < -0.4 is 5.73 Å². The molecule has 2 N–H and O–H groups in total. The number of amides is 1. The highest BCUT2D eigenvalue weighted by atomic mass is 35.5. The van der Waals surface area contributed by atoms with Gasteiger partial charge in [0.05, 0.1) is 5.56 Å². The van der Waals surface area contributed by atoms with Gasteiger partial charge in [0.15, 0.2) is 0 Å². The Morgan fingerprint density at radius 2 is 2.28 bits per heavy atom. The highest BCUT2D eigenvalue weighted by Gasteiger charge is 2.12. The third-order valence-corrected chi connectivity index (χ3v) is 2.97. The van der Waals surface area contributed by atoms with E-state index in [1.165, 1.54) is 5.57 Å². The van der Waals surface area contributed by atoms with Crippen LogP contribution in [0.25, 0.3) is 0 Å². The molecule has 96 valence electrons. The van der Waals surface area contributed by atoms with Gasteiger partial charge >= 0.3 is 0 Å². The van der Waals surface area contributed by atoms with Crippen LogP contribution in [-0.2, 0) is 6.42 Å². The minimum Gasteiger partial charge on any atom is -0.365 e. The van der Waals surface area contributed by atoms with Crippen LogP contribution >= 0.6 is 11.6 Å². The maximum absolute atomic E-state index is 11.3. The Kier molecular flexibility index (Phi) is 5.59. The summed E-state index contributed by atoms with van der Waals surface area (Å²) in [6.07, 6.45) is 9.26. The number of carbonyl (C=O) groups is 1. The molecule has 4 heteroatoms. The Hall–Kier alpha value is -1.61. The zero-order chi connectivity index (χ0) is 13.5. The molecule has 0 aromatic carbocycles. The number of pyridine rings is 1. The van der Waals surface area contributed by atoms with Crippen molar-refractivity contribution in [3.63, 3.8) is 0 Å². The predicted molar refractivity (Wildman–Crippen MR) is 74.7 cm³/mol. The second kappa shape index (κ2) is 6.97. The number of hydrogen-bond donors (Lipinski definition) is 1. The smallest absolute Gasteiger partial charge is 0.252 e. The third kappa shape index (κ3) is 3.70. The number of nitrogens with zero attached hydrogens (tertiary/aromatic N) is 1. The van der Waals surface area contributed by atoms with Crippen molar-refractivity contribution in [3.05, 3.63) is 52.3 Å². The summed E-state index contributed by atoms with van der Waals surface area (Å²) >= 11 is 5.87. The number of primary amides is 1. The first-order valence-electron chi connectivity index (χ1n) is 5.85. The molecular formula is C14H17ClN2O. The summed E-state index contributed by atoms with van der Waals surface area (Å²) in [6.45, 7) is 4.10. The fourth-order valence-electron chi connectivity index (χ4n) is 1.66. The molecule has 0 saturated heterocycles. The van der Waals surface area contributed by atoms with Crippen molar-refractivity contribution in [2.75, 3.05) is 0 Å². The molecule has 0 aliphatic heterocycles. The first-order chi connectivity index (χ1) is 8.60. The van der Waals surface area contributed by atoms with Crippen molar-refractivity contribution in [2.24, 2.45) is 5.73 Å². The SMILES string of the molecule is CC=C(C=CCc1ccnc(Cl)c1C(N)=O)CC. The monoisotopic (exact) mass is 264 g/mol. The van der Waals surface area contributed by atoms with Gasteiger partial charge in [-0.25, -0.2) is 4.98 Å². The summed E-state index contributed by atoms with van der Waals surface area (Å²) in [5, 5.41) is 0.162. The van der Waals surface area contributed by atoms with E-state index >= 15 is 0 Å². The van der Waals surface area contributed by atoms with Crippen molar-refractivity contribution >= 4 is 17.5 Å². The maximum atomic E-state index is 11.3. The first-order valence-corrected chi connectivity index (χ1v) is 6.22. The Bertz CT molecular complexity index is 493. The second-order valence-corrected chi connectivity index (χ2v) is 4.18. The summed E-state index contributed by atoms with van der Waals surface area (Å²) in [4.78, 5) is 15.2. The van der Waals surface area contributed by atoms with Gasteiger partial charge in [0.2, 0.25) is 0 Å². The van der Waals surface area contributed by atoms with Gasteiger partial charge in [-0.05, 0) is 31.4 Å². The van der Waals surface area contributed by atoms with Gasteiger partial charge in [0, 0.05) is 6.20 Å². The highest BCUT2D eigenvalue weighted by Crippen LogP contribution is 2.18. The van der Waals surface area contributed by atoms with E-state index in [1.54, 1.807) is 12.3 Å². The molecule has 0 spiro atoms. The summed E-state index contributed by atoms with van der Waals surface area (Å²) in [5.74, 6) is -0.543. The van der Waals surface area contributed by atoms with Crippen LogP contribution in [-0.4, -0.2) is 10.9 Å². The van der Waals surface area contributed by atoms with Gasteiger partial charge in [-0.2, -0.15) is 0 Å². The summed E-state index contributed by atoms with van der Waals surface area (Å²) in [6, 6.07) is 1.76. The van der Waals surface area contributed by atoms with Crippen LogP contribution in [0.1, 0.15) is 36.2 Å². The minimum absolute atomic E-state index is 0.162. The number of halogens is 1. The molecule has 1 heterocycles. The van der Waals surface area contributed by atoms with E-state index in [9.17, 15) is 4.79 Å². The molecule has 0 atom stereocenters. The van der Waals surface area contributed by atoms with Crippen LogP contribution in [0.3, 0.4) is 0 Å². The largest absolute Gasteiger partial charge is 0.365 e.